The number of aromatic hydroxyl groups is 1. The van der Waals surface area contributed by atoms with Gasteiger partial charge in [-0.1, -0.05) is 74.0 Å². The minimum atomic E-state index is 0.325. The largest absolute Gasteiger partial charge is 0.507 e. The van der Waals surface area contributed by atoms with Gasteiger partial charge in [-0.3, -0.25) is 0 Å². The number of phenolic OH excluding ortho intramolecular Hbond substituents is 1. The van der Waals surface area contributed by atoms with Crippen LogP contribution in [0.2, 0.25) is 0 Å². The molecule has 0 aliphatic heterocycles. The van der Waals surface area contributed by atoms with E-state index in [0.717, 1.165) is 11.1 Å². The third kappa shape index (κ3) is 2.67. The van der Waals surface area contributed by atoms with E-state index < -0.39 is 0 Å². The fraction of sp³-hybridized carbons (Fsp3) is 0.158. The van der Waals surface area contributed by atoms with Gasteiger partial charge in [-0.15, -0.1) is 0 Å². The van der Waals surface area contributed by atoms with Gasteiger partial charge in [-0.05, 0) is 29.3 Å². The van der Waals surface area contributed by atoms with Gasteiger partial charge in [0.1, 0.15) is 5.75 Å². The first kappa shape index (κ1) is 14.1. The zero-order chi connectivity index (χ0) is 14.5. The molecule has 3 aromatic carbocycles. The van der Waals surface area contributed by atoms with Crippen molar-refractivity contribution in [3.8, 4) is 16.9 Å². The molecular formula is C19H20O. The van der Waals surface area contributed by atoms with Crippen LogP contribution < -0.4 is 0 Å². The third-order valence-corrected chi connectivity index (χ3v) is 3.23. The number of para-hydroxylation sites is 1. The summed E-state index contributed by atoms with van der Waals surface area (Å²) in [6, 6.07) is 20.0. The van der Waals surface area contributed by atoms with Crippen LogP contribution in [0.5, 0.6) is 5.75 Å². The molecule has 3 rings (SSSR count). The van der Waals surface area contributed by atoms with Gasteiger partial charge in [0.25, 0.3) is 0 Å². The average Bonchev–Trinajstić information content (AvgIpc) is 2.49. The first-order valence-corrected chi connectivity index (χ1v) is 7.03. The molecule has 1 nitrogen and oxygen atoms in total. The maximum atomic E-state index is 9.98. The molecule has 0 atom stereocenters. The Morgan fingerprint density at radius 1 is 0.750 bits per heavy atom. The zero-order valence-corrected chi connectivity index (χ0v) is 12.2. The number of rotatable bonds is 1. The quantitative estimate of drug-likeness (QED) is 0.611. The molecule has 0 fully saturated rings. The van der Waals surface area contributed by atoms with Gasteiger partial charge in [0, 0.05) is 5.56 Å². The third-order valence-electron chi connectivity index (χ3n) is 3.23. The molecule has 3 aromatic rings. The van der Waals surface area contributed by atoms with Crippen LogP contribution in [0.3, 0.4) is 0 Å². The predicted molar refractivity (Wildman–Crippen MR) is 87.1 cm³/mol. The van der Waals surface area contributed by atoms with E-state index in [1.807, 2.05) is 44.2 Å². The second kappa shape index (κ2) is 6.25. The van der Waals surface area contributed by atoms with E-state index in [9.17, 15) is 5.11 Å². The van der Waals surface area contributed by atoms with E-state index in [0.29, 0.717) is 5.75 Å². The Balaban J connectivity index is 0.000000704. The molecule has 102 valence electrons. The lowest BCUT2D eigenvalue weighted by Gasteiger charge is -2.09. The molecule has 0 saturated heterocycles. The molecule has 0 radical (unpaired) electrons. The van der Waals surface area contributed by atoms with E-state index in [1.165, 1.54) is 16.3 Å². The summed E-state index contributed by atoms with van der Waals surface area (Å²) in [7, 11) is 0. The molecule has 0 aliphatic rings. The van der Waals surface area contributed by atoms with Crippen LogP contribution >= 0.6 is 0 Å². The standard InChI is InChI=1S/C17H14O.C2H6/c1-12-9-10-14-13(11-12)5-4-7-15(14)16-6-2-3-8-17(16)18;1-2/h2-11,18H,1H3;1-2H3. The van der Waals surface area contributed by atoms with Crippen molar-refractivity contribution >= 4 is 10.8 Å². The summed E-state index contributed by atoms with van der Waals surface area (Å²) in [5.74, 6) is 0.325. The smallest absolute Gasteiger partial charge is 0.123 e. The Morgan fingerprint density at radius 3 is 2.20 bits per heavy atom. The highest BCUT2D eigenvalue weighted by atomic mass is 16.3. The number of fused-ring (bicyclic) bond motifs is 1. The van der Waals surface area contributed by atoms with Crippen LogP contribution in [0.4, 0.5) is 0 Å². The highest BCUT2D eigenvalue weighted by Gasteiger charge is 2.07. The van der Waals surface area contributed by atoms with Gasteiger partial charge in [0.05, 0.1) is 0 Å². The van der Waals surface area contributed by atoms with Crippen molar-refractivity contribution in [3.63, 3.8) is 0 Å². The molecule has 1 heteroatoms. The monoisotopic (exact) mass is 264 g/mol. The lowest BCUT2D eigenvalue weighted by Crippen LogP contribution is -1.83. The molecule has 0 heterocycles. The Kier molecular flexibility index (Phi) is 4.41. The fourth-order valence-corrected chi connectivity index (χ4v) is 2.34. The summed E-state index contributed by atoms with van der Waals surface area (Å²) in [4.78, 5) is 0. The summed E-state index contributed by atoms with van der Waals surface area (Å²) in [5.41, 5.74) is 3.20. The predicted octanol–water partition coefficient (Wildman–Crippen LogP) is 5.55. The van der Waals surface area contributed by atoms with Gasteiger partial charge >= 0.3 is 0 Å². The summed E-state index contributed by atoms with van der Waals surface area (Å²) in [6.45, 7) is 6.09. The topological polar surface area (TPSA) is 20.2 Å². The van der Waals surface area contributed by atoms with Gasteiger partial charge in [-0.25, -0.2) is 0 Å². The Bertz CT molecular complexity index is 714. The molecule has 0 bridgehead atoms. The lowest BCUT2D eigenvalue weighted by atomic mass is 9.97. The van der Waals surface area contributed by atoms with Gasteiger partial charge in [0.2, 0.25) is 0 Å². The highest BCUT2D eigenvalue weighted by molar-refractivity contribution is 5.98. The number of aryl methyl sites for hydroxylation is 1. The van der Waals surface area contributed by atoms with E-state index in [1.54, 1.807) is 6.07 Å². The normalized spacial score (nSPS) is 9.95. The highest BCUT2D eigenvalue weighted by Crippen LogP contribution is 2.34. The molecule has 0 amide bonds. The first-order valence-electron chi connectivity index (χ1n) is 7.03. The van der Waals surface area contributed by atoms with Crippen LogP contribution in [0.1, 0.15) is 19.4 Å². The summed E-state index contributed by atoms with van der Waals surface area (Å²) in [6.07, 6.45) is 0. The molecule has 0 aromatic heterocycles. The molecular weight excluding hydrogens is 244 g/mol. The number of hydrogen-bond donors (Lipinski definition) is 1. The van der Waals surface area contributed by atoms with Crippen LogP contribution in [0.15, 0.2) is 60.7 Å². The summed E-state index contributed by atoms with van der Waals surface area (Å²) < 4.78 is 0. The lowest BCUT2D eigenvalue weighted by molar-refractivity contribution is 0.477. The van der Waals surface area contributed by atoms with E-state index in [-0.39, 0.29) is 0 Å². The van der Waals surface area contributed by atoms with Crippen molar-refractivity contribution in [1.82, 2.24) is 0 Å². The van der Waals surface area contributed by atoms with Crippen molar-refractivity contribution in [3.05, 3.63) is 66.2 Å². The summed E-state index contributed by atoms with van der Waals surface area (Å²) >= 11 is 0. The number of hydrogen-bond acceptors (Lipinski definition) is 1. The number of benzene rings is 3. The van der Waals surface area contributed by atoms with E-state index in [2.05, 4.69) is 31.2 Å². The SMILES string of the molecule is CC.Cc1ccc2c(-c3ccccc3O)cccc2c1. The van der Waals surface area contributed by atoms with Crippen molar-refractivity contribution in [2.24, 2.45) is 0 Å². The maximum Gasteiger partial charge on any atom is 0.123 e. The van der Waals surface area contributed by atoms with Gasteiger partial charge in [0.15, 0.2) is 0 Å². The number of phenols is 1. The van der Waals surface area contributed by atoms with Gasteiger partial charge < -0.3 is 5.11 Å². The Morgan fingerprint density at radius 2 is 1.45 bits per heavy atom. The van der Waals surface area contributed by atoms with E-state index in [4.69, 9.17) is 0 Å². The van der Waals surface area contributed by atoms with Crippen molar-refractivity contribution in [2.45, 2.75) is 20.8 Å². The minimum absolute atomic E-state index is 0.325. The molecule has 0 unspecified atom stereocenters. The van der Waals surface area contributed by atoms with E-state index >= 15 is 0 Å². The molecule has 0 saturated carbocycles. The summed E-state index contributed by atoms with van der Waals surface area (Å²) in [5, 5.41) is 12.4. The van der Waals surface area contributed by atoms with Crippen LogP contribution in [0.25, 0.3) is 21.9 Å². The Hall–Kier alpha value is -2.28. The first-order chi connectivity index (χ1) is 9.75. The molecule has 1 N–H and O–H groups in total. The van der Waals surface area contributed by atoms with Crippen LogP contribution in [-0.4, -0.2) is 5.11 Å². The maximum absolute atomic E-state index is 9.98. The molecule has 0 aliphatic carbocycles. The second-order valence-electron chi connectivity index (χ2n) is 4.55. The molecule has 20 heavy (non-hydrogen) atoms. The zero-order valence-electron chi connectivity index (χ0n) is 12.2. The van der Waals surface area contributed by atoms with Crippen molar-refractivity contribution < 1.29 is 5.11 Å². The average molecular weight is 264 g/mol. The molecule has 0 spiro atoms. The second-order valence-corrected chi connectivity index (χ2v) is 4.55. The van der Waals surface area contributed by atoms with Crippen LogP contribution in [-0.2, 0) is 0 Å². The van der Waals surface area contributed by atoms with Gasteiger partial charge in [-0.2, -0.15) is 0 Å². The van der Waals surface area contributed by atoms with Crippen molar-refractivity contribution in [2.75, 3.05) is 0 Å². The van der Waals surface area contributed by atoms with Crippen molar-refractivity contribution in [1.29, 1.82) is 0 Å². The van der Waals surface area contributed by atoms with Crippen LogP contribution in [0, 0.1) is 6.92 Å². The Labute approximate surface area is 120 Å². The minimum Gasteiger partial charge on any atom is -0.507 e. The fourth-order valence-electron chi connectivity index (χ4n) is 2.34.